The van der Waals surface area contributed by atoms with Gasteiger partial charge in [-0.2, -0.15) is 0 Å². The molecule has 1 aromatic heterocycles. The number of benzene rings is 1. The first-order valence-electron chi connectivity index (χ1n) is 5.69. The monoisotopic (exact) mass is 296 g/mol. The molecule has 17 heavy (non-hydrogen) atoms. The zero-order chi connectivity index (χ0) is 12.2. The van der Waals surface area contributed by atoms with E-state index in [2.05, 4.69) is 45.7 Å². The molecule has 90 valence electrons. The molecule has 1 aliphatic rings. The van der Waals surface area contributed by atoms with E-state index in [1.165, 1.54) is 5.52 Å². The van der Waals surface area contributed by atoms with Crippen LogP contribution in [0.3, 0.4) is 0 Å². The van der Waals surface area contributed by atoms with Gasteiger partial charge in [-0.25, -0.2) is 4.39 Å². The molecule has 0 radical (unpaired) electrons. The summed E-state index contributed by atoms with van der Waals surface area (Å²) in [6, 6.07) is 3.71. The Labute approximate surface area is 108 Å². The van der Waals surface area contributed by atoms with E-state index in [1.54, 1.807) is 12.1 Å². The fourth-order valence-electron chi connectivity index (χ4n) is 2.64. The van der Waals surface area contributed by atoms with Crippen LogP contribution >= 0.6 is 15.9 Å². The molecule has 3 rings (SSSR count). The maximum Gasteiger partial charge on any atom is 0.124 e. The number of hydrogen-bond donors (Lipinski definition) is 0. The van der Waals surface area contributed by atoms with Gasteiger partial charge in [-0.1, -0.05) is 0 Å². The number of likely N-dealkylation sites (N-methyl/N-ethyl adjacent to an activating group) is 1. The Balaban J connectivity index is 2.23. The molecule has 4 heteroatoms. The normalized spacial score (nSPS) is 19.2. The maximum atomic E-state index is 13.6. The smallest absolute Gasteiger partial charge is 0.124 e. The highest BCUT2D eigenvalue weighted by atomic mass is 79.9. The van der Waals surface area contributed by atoms with Crippen molar-refractivity contribution in [2.24, 2.45) is 0 Å². The summed E-state index contributed by atoms with van der Waals surface area (Å²) in [4.78, 5) is 2.20. The van der Waals surface area contributed by atoms with Crippen molar-refractivity contribution in [2.45, 2.75) is 19.0 Å². The summed E-state index contributed by atoms with van der Waals surface area (Å²) in [6.45, 7) is 0.966. The second kappa shape index (κ2) is 3.82. The largest absolute Gasteiger partial charge is 0.344 e. The number of halogens is 2. The van der Waals surface area contributed by atoms with Crippen molar-refractivity contribution < 1.29 is 4.39 Å². The highest BCUT2D eigenvalue weighted by Crippen LogP contribution is 2.33. The molecule has 0 aliphatic carbocycles. The summed E-state index contributed by atoms with van der Waals surface area (Å²) >= 11 is 3.51. The number of nitrogens with zero attached hydrogens (tertiary/aromatic N) is 2. The van der Waals surface area contributed by atoms with Crippen LogP contribution in [0.15, 0.2) is 22.8 Å². The van der Waals surface area contributed by atoms with Crippen molar-refractivity contribution in [3.8, 4) is 0 Å². The summed E-state index contributed by atoms with van der Waals surface area (Å²) in [5, 5.41) is 0.984. The van der Waals surface area contributed by atoms with Gasteiger partial charge in [0, 0.05) is 28.6 Å². The molecule has 0 fully saturated rings. The molecule has 0 bridgehead atoms. The van der Waals surface area contributed by atoms with Gasteiger partial charge in [0.1, 0.15) is 5.82 Å². The zero-order valence-corrected chi connectivity index (χ0v) is 11.5. The average molecular weight is 297 g/mol. The SMILES string of the molecule is CN(C)C1Cc2cc(F)cc3c(Br)cn(c23)C1. The minimum absolute atomic E-state index is 0.148. The van der Waals surface area contributed by atoms with Crippen molar-refractivity contribution in [1.29, 1.82) is 0 Å². The summed E-state index contributed by atoms with van der Waals surface area (Å²) in [6.07, 6.45) is 2.97. The summed E-state index contributed by atoms with van der Waals surface area (Å²) in [5.74, 6) is -0.148. The first-order chi connectivity index (χ1) is 8.06. The molecule has 2 nitrogen and oxygen atoms in total. The van der Waals surface area contributed by atoms with E-state index in [4.69, 9.17) is 0 Å². The second-order valence-corrected chi connectivity index (χ2v) is 5.77. The van der Waals surface area contributed by atoms with Crippen molar-refractivity contribution in [3.05, 3.63) is 34.2 Å². The predicted molar refractivity (Wildman–Crippen MR) is 70.8 cm³/mol. The fourth-order valence-corrected chi connectivity index (χ4v) is 3.19. The quantitative estimate of drug-likeness (QED) is 0.785. The average Bonchev–Trinajstić information content (AvgIpc) is 2.56. The van der Waals surface area contributed by atoms with E-state index < -0.39 is 0 Å². The van der Waals surface area contributed by atoms with Gasteiger partial charge in [0.2, 0.25) is 0 Å². The van der Waals surface area contributed by atoms with Gasteiger partial charge < -0.3 is 9.47 Å². The summed E-state index contributed by atoms with van der Waals surface area (Å²) in [5.41, 5.74) is 2.28. The Morgan fingerprint density at radius 3 is 2.88 bits per heavy atom. The van der Waals surface area contributed by atoms with Gasteiger partial charge in [0.25, 0.3) is 0 Å². The van der Waals surface area contributed by atoms with Gasteiger partial charge >= 0.3 is 0 Å². The zero-order valence-electron chi connectivity index (χ0n) is 9.87. The van der Waals surface area contributed by atoms with Crippen LogP contribution in [-0.4, -0.2) is 29.6 Å². The molecule has 1 unspecified atom stereocenters. The van der Waals surface area contributed by atoms with Crippen molar-refractivity contribution in [1.82, 2.24) is 9.47 Å². The second-order valence-electron chi connectivity index (χ2n) is 4.91. The third kappa shape index (κ3) is 1.70. The Hall–Kier alpha value is -0.870. The first-order valence-corrected chi connectivity index (χ1v) is 6.49. The Morgan fingerprint density at radius 1 is 1.41 bits per heavy atom. The van der Waals surface area contributed by atoms with E-state index in [1.807, 2.05) is 0 Å². The van der Waals surface area contributed by atoms with E-state index in [0.717, 1.165) is 28.4 Å². The first kappa shape index (κ1) is 11.2. The lowest BCUT2D eigenvalue weighted by Gasteiger charge is -2.29. The number of rotatable bonds is 1. The van der Waals surface area contributed by atoms with Gasteiger partial charge in [-0.3, -0.25) is 0 Å². The standard InChI is InChI=1S/C13H14BrFN2/c1-16(2)10-4-8-3-9(15)5-11-12(14)7-17(6-10)13(8)11/h3,5,7,10H,4,6H2,1-2H3. The van der Waals surface area contributed by atoms with Gasteiger partial charge in [0.05, 0.1) is 5.52 Å². The third-order valence-corrected chi connectivity index (χ3v) is 4.19. The Kier molecular flexibility index (Phi) is 2.52. The van der Waals surface area contributed by atoms with Crippen LogP contribution < -0.4 is 0 Å². The molecule has 1 aliphatic heterocycles. The molecule has 1 atom stereocenters. The third-order valence-electron chi connectivity index (χ3n) is 3.56. The molecular formula is C13H14BrFN2. The Bertz CT molecular complexity index is 589. The molecule has 0 N–H and O–H groups in total. The topological polar surface area (TPSA) is 8.17 Å². The van der Waals surface area contributed by atoms with E-state index in [0.29, 0.717) is 6.04 Å². The highest BCUT2D eigenvalue weighted by molar-refractivity contribution is 9.10. The minimum Gasteiger partial charge on any atom is -0.344 e. The van der Waals surface area contributed by atoms with E-state index in [-0.39, 0.29) is 5.82 Å². The lowest BCUT2D eigenvalue weighted by Crippen LogP contribution is -2.36. The summed E-state index contributed by atoms with van der Waals surface area (Å²) in [7, 11) is 4.15. The maximum absolute atomic E-state index is 13.6. The molecule has 2 heterocycles. The molecule has 2 aromatic rings. The van der Waals surface area contributed by atoms with E-state index in [9.17, 15) is 4.39 Å². The minimum atomic E-state index is -0.148. The van der Waals surface area contributed by atoms with Gasteiger partial charge in [-0.15, -0.1) is 0 Å². The lowest BCUT2D eigenvalue weighted by atomic mass is 9.99. The van der Waals surface area contributed by atoms with Gasteiger partial charge in [-0.05, 0) is 54.1 Å². The molecule has 0 saturated carbocycles. The van der Waals surface area contributed by atoms with Crippen LogP contribution in [0.2, 0.25) is 0 Å². The molecule has 0 saturated heterocycles. The molecular weight excluding hydrogens is 283 g/mol. The van der Waals surface area contributed by atoms with Crippen molar-refractivity contribution in [2.75, 3.05) is 14.1 Å². The molecule has 0 amide bonds. The van der Waals surface area contributed by atoms with Crippen LogP contribution in [0.4, 0.5) is 4.39 Å². The van der Waals surface area contributed by atoms with Crippen LogP contribution in [0.5, 0.6) is 0 Å². The van der Waals surface area contributed by atoms with Crippen molar-refractivity contribution in [3.63, 3.8) is 0 Å². The van der Waals surface area contributed by atoms with Crippen LogP contribution in [0, 0.1) is 5.82 Å². The number of hydrogen-bond acceptors (Lipinski definition) is 1. The van der Waals surface area contributed by atoms with Crippen molar-refractivity contribution >= 4 is 26.8 Å². The predicted octanol–water partition coefficient (Wildman–Crippen LogP) is 3.03. The summed E-state index contributed by atoms with van der Waals surface area (Å²) < 4.78 is 16.8. The fraction of sp³-hybridized carbons (Fsp3) is 0.385. The van der Waals surface area contributed by atoms with Gasteiger partial charge in [0.15, 0.2) is 0 Å². The highest BCUT2D eigenvalue weighted by Gasteiger charge is 2.24. The number of aromatic nitrogens is 1. The molecule has 0 spiro atoms. The lowest BCUT2D eigenvalue weighted by molar-refractivity contribution is 0.258. The van der Waals surface area contributed by atoms with Crippen LogP contribution in [0.1, 0.15) is 5.56 Å². The Morgan fingerprint density at radius 2 is 2.18 bits per heavy atom. The molecule has 1 aromatic carbocycles. The van der Waals surface area contributed by atoms with Crippen LogP contribution in [-0.2, 0) is 13.0 Å². The van der Waals surface area contributed by atoms with E-state index >= 15 is 0 Å². The van der Waals surface area contributed by atoms with Crippen LogP contribution in [0.25, 0.3) is 10.9 Å².